The lowest BCUT2D eigenvalue weighted by molar-refractivity contribution is -0.131. The van der Waals surface area contributed by atoms with Crippen LogP contribution in [0.2, 0.25) is 0 Å². The minimum absolute atomic E-state index is 0. The quantitative estimate of drug-likeness (QED) is 0.758. The Bertz CT molecular complexity index is 703. The highest BCUT2D eigenvalue weighted by Gasteiger charge is 2.22. The van der Waals surface area contributed by atoms with Crippen LogP contribution >= 0.6 is 36.2 Å². The van der Waals surface area contributed by atoms with Crippen molar-refractivity contribution in [2.45, 2.75) is 38.8 Å². The Morgan fingerprint density at radius 3 is 2.59 bits per heavy atom. The van der Waals surface area contributed by atoms with Crippen LogP contribution in [0.4, 0.5) is 0 Å². The number of piperidine rings is 1. The van der Waals surface area contributed by atoms with Crippen molar-refractivity contribution in [1.82, 2.24) is 15.2 Å². The van der Waals surface area contributed by atoms with Gasteiger partial charge in [0.1, 0.15) is 17.4 Å². The maximum Gasteiger partial charge on any atom is 0.228 e. The van der Waals surface area contributed by atoms with Gasteiger partial charge in [0.2, 0.25) is 5.91 Å². The molecule has 0 saturated carbocycles. The molecule has 2 heterocycles. The molecule has 1 saturated heterocycles. The molecule has 1 aromatic carbocycles. The van der Waals surface area contributed by atoms with Crippen LogP contribution in [0, 0.1) is 6.92 Å². The first kappa shape index (κ1) is 23.7. The van der Waals surface area contributed by atoms with Crippen molar-refractivity contribution in [1.29, 1.82) is 0 Å². The molecule has 2 aromatic rings. The van der Waals surface area contributed by atoms with E-state index in [1.165, 1.54) is 5.56 Å². The molecule has 5 nitrogen and oxygen atoms in total. The molecule has 1 N–H and O–H groups in total. The summed E-state index contributed by atoms with van der Waals surface area (Å²) >= 11 is 1.54. The number of likely N-dealkylation sites (N-methyl/N-ethyl adjacent to an activating group) is 1. The summed E-state index contributed by atoms with van der Waals surface area (Å²) in [6.07, 6.45) is 2.41. The average Bonchev–Trinajstić information content (AvgIpc) is 3.08. The number of rotatable bonds is 6. The standard InChI is InChI=1S/C19H25N3O2S.2ClH/c1-14-3-5-17(6-4-14)24-12-18-21-15(13-25-18)11-19(23)22(2)16-7-9-20-10-8-16;;/h3-6,13,16,20H,7-12H2,1-2H3;2*1H. The van der Waals surface area contributed by atoms with E-state index in [-0.39, 0.29) is 30.7 Å². The maximum atomic E-state index is 12.5. The summed E-state index contributed by atoms with van der Waals surface area (Å²) in [5, 5.41) is 6.19. The molecule has 1 aliphatic heterocycles. The van der Waals surface area contributed by atoms with Crippen molar-refractivity contribution < 1.29 is 9.53 Å². The lowest BCUT2D eigenvalue weighted by Crippen LogP contribution is -2.44. The normalized spacial score (nSPS) is 14.0. The first-order valence-electron chi connectivity index (χ1n) is 8.71. The van der Waals surface area contributed by atoms with Crippen LogP contribution in [-0.2, 0) is 17.8 Å². The minimum Gasteiger partial charge on any atom is -0.486 e. The lowest BCUT2D eigenvalue weighted by atomic mass is 10.0. The molecular weight excluding hydrogens is 405 g/mol. The van der Waals surface area contributed by atoms with Crippen molar-refractivity contribution in [2.24, 2.45) is 0 Å². The molecule has 0 unspecified atom stereocenters. The van der Waals surface area contributed by atoms with Crippen molar-refractivity contribution in [3.63, 3.8) is 0 Å². The van der Waals surface area contributed by atoms with Crippen LogP contribution in [0.15, 0.2) is 29.6 Å². The number of aromatic nitrogens is 1. The van der Waals surface area contributed by atoms with E-state index in [4.69, 9.17) is 4.74 Å². The summed E-state index contributed by atoms with van der Waals surface area (Å²) < 4.78 is 5.75. The molecule has 150 valence electrons. The monoisotopic (exact) mass is 431 g/mol. The average molecular weight is 432 g/mol. The highest BCUT2D eigenvalue weighted by atomic mass is 35.5. The summed E-state index contributed by atoms with van der Waals surface area (Å²) in [7, 11) is 1.91. The van der Waals surface area contributed by atoms with Gasteiger partial charge in [0.25, 0.3) is 0 Å². The van der Waals surface area contributed by atoms with E-state index in [0.29, 0.717) is 19.1 Å². The Labute approximate surface area is 177 Å². The molecule has 27 heavy (non-hydrogen) atoms. The zero-order valence-corrected chi connectivity index (χ0v) is 18.1. The highest BCUT2D eigenvalue weighted by molar-refractivity contribution is 7.09. The molecule has 1 aromatic heterocycles. The topological polar surface area (TPSA) is 54.5 Å². The molecule has 1 amide bonds. The van der Waals surface area contributed by atoms with Gasteiger partial charge in [-0.15, -0.1) is 36.2 Å². The van der Waals surface area contributed by atoms with Gasteiger partial charge in [0.05, 0.1) is 12.1 Å². The summed E-state index contributed by atoms with van der Waals surface area (Å²) in [6.45, 7) is 4.46. The van der Waals surface area contributed by atoms with E-state index in [2.05, 4.69) is 17.2 Å². The third-order valence-electron chi connectivity index (χ3n) is 4.56. The number of carbonyl (C=O) groups excluding carboxylic acids is 1. The summed E-state index contributed by atoms with van der Waals surface area (Å²) in [5.74, 6) is 0.979. The number of halogens is 2. The third kappa shape index (κ3) is 6.96. The molecule has 0 radical (unpaired) electrons. The summed E-state index contributed by atoms with van der Waals surface area (Å²) in [5.41, 5.74) is 2.04. The number of amides is 1. The van der Waals surface area contributed by atoms with Crippen LogP contribution in [0.3, 0.4) is 0 Å². The smallest absolute Gasteiger partial charge is 0.228 e. The van der Waals surface area contributed by atoms with Gasteiger partial charge < -0.3 is 15.0 Å². The number of thiazole rings is 1. The Hall–Kier alpha value is -1.34. The van der Waals surface area contributed by atoms with Crippen LogP contribution < -0.4 is 10.1 Å². The van der Waals surface area contributed by atoms with E-state index in [9.17, 15) is 4.79 Å². The van der Waals surface area contributed by atoms with Crippen molar-refractivity contribution >= 4 is 42.1 Å². The van der Waals surface area contributed by atoms with Gasteiger partial charge in [-0.3, -0.25) is 4.79 Å². The van der Waals surface area contributed by atoms with Crippen LogP contribution in [0.1, 0.15) is 29.1 Å². The van der Waals surface area contributed by atoms with Crippen molar-refractivity contribution in [3.05, 3.63) is 45.9 Å². The van der Waals surface area contributed by atoms with Crippen LogP contribution in [0.25, 0.3) is 0 Å². The zero-order valence-electron chi connectivity index (χ0n) is 15.6. The van der Waals surface area contributed by atoms with E-state index in [1.54, 1.807) is 11.3 Å². The first-order valence-corrected chi connectivity index (χ1v) is 9.59. The van der Waals surface area contributed by atoms with Gasteiger partial charge in [0, 0.05) is 18.5 Å². The van der Waals surface area contributed by atoms with Crippen molar-refractivity contribution in [2.75, 3.05) is 20.1 Å². The molecule has 0 spiro atoms. The number of hydrogen-bond donors (Lipinski definition) is 1. The number of nitrogens with zero attached hydrogens (tertiary/aromatic N) is 2. The molecule has 0 bridgehead atoms. The Morgan fingerprint density at radius 2 is 1.93 bits per heavy atom. The van der Waals surface area contributed by atoms with Gasteiger partial charge in [-0.05, 0) is 45.0 Å². The SMILES string of the molecule is Cc1ccc(OCc2nc(CC(=O)N(C)C3CCNCC3)cs2)cc1.Cl.Cl. The Balaban J connectivity index is 0.00000182. The van der Waals surface area contributed by atoms with E-state index in [1.807, 2.05) is 41.6 Å². The summed E-state index contributed by atoms with van der Waals surface area (Å²) in [6, 6.07) is 8.31. The van der Waals surface area contributed by atoms with Crippen molar-refractivity contribution in [3.8, 4) is 5.75 Å². The van der Waals surface area contributed by atoms with Gasteiger partial charge in [-0.25, -0.2) is 4.98 Å². The Kier molecular flexibility index (Phi) is 10.1. The van der Waals surface area contributed by atoms with E-state index in [0.717, 1.165) is 42.4 Å². The predicted molar refractivity (Wildman–Crippen MR) is 114 cm³/mol. The number of ether oxygens (including phenoxy) is 1. The summed E-state index contributed by atoms with van der Waals surface area (Å²) in [4.78, 5) is 18.9. The molecule has 0 atom stereocenters. The largest absolute Gasteiger partial charge is 0.486 e. The fourth-order valence-electron chi connectivity index (χ4n) is 2.95. The van der Waals surface area contributed by atoms with E-state index < -0.39 is 0 Å². The fourth-order valence-corrected chi connectivity index (χ4v) is 3.66. The molecule has 3 rings (SSSR count). The second-order valence-corrected chi connectivity index (χ2v) is 7.44. The lowest BCUT2D eigenvalue weighted by Gasteiger charge is -2.31. The second kappa shape index (κ2) is 11.5. The molecule has 1 aliphatic rings. The fraction of sp³-hybridized carbons (Fsp3) is 0.474. The minimum atomic E-state index is 0. The van der Waals surface area contributed by atoms with Crippen LogP contribution in [0.5, 0.6) is 5.75 Å². The second-order valence-electron chi connectivity index (χ2n) is 6.50. The van der Waals surface area contributed by atoms with Gasteiger partial charge in [-0.2, -0.15) is 0 Å². The number of carbonyl (C=O) groups is 1. The first-order chi connectivity index (χ1) is 12.1. The number of nitrogens with one attached hydrogen (secondary N) is 1. The maximum absolute atomic E-state index is 12.5. The molecular formula is C19H27Cl2N3O2S. The zero-order chi connectivity index (χ0) is 17.6. The van der Waals surface area contributed by atoms with Gasteiger partial charge in [0.15, 0.2) is 0 Å². The predicted octanol–water partition coefficient (Wildman–Crippen LogP) is 3.63. The van der Waals surface area contributed by atoms with Crippen LogP contribution in [-0.4, -0.2) is 42.0 Å². The van der Waals surface area contributed by atoms with Gasteiger partial charge in [-0.1, -0.05) is 17.7 Å². The molecule has 0 aliphatic carbocycles. The number of hydrogen-bond acceptors (Lipinski definition) is 5. The number of aryl methyl sites for hydroxylation is 1. The highest BCUT2D eigenvalue weighted by Crippen LogP contribution is 2.17. The molecule has 1 fully saturated rings. The number of benzene rings is 1. The third-order valence-corrected chi connectivity index (χ3v) is 5.44. The van der Waals surface area contributed by atoms with Gasteiger partial charge >= 0.3 is 0 Å². The molecule has 8 heteroatoms. The van der Waals surface area contributed by atoms with E-state index >= 15 is 0 Å². The Morgan fingerprint density at radius 1 is 1.26 bits per heavy atom.